The predicted octanol–water partition coefficient (Wildman–Crippen LogP) is 2.10. The van der Waals surface area contributed by atoms with Gasteiger partial charge >= 0.3 is 0 Å². The Morgan fingerprint density at radius 1 is 1.33 bits per heavy atom. The molecule has 1 fully saturated rings. The Bertz CT molecular complexity index is 444. The number of phenols is 1. The average molecular weight is 247 g/mol. The Balaban J connectivity index is 1.79. The van der Waals surface area contributed by atoms with Gasteiger partial charge in [-0.15, -0.1) is 0 Å². The van der Waals surface area contributed by atoms with Gasteiger partial charge in [-0.2, -0.15) is 0 Å². The van der Waals surface area contributed by atoms with Crippen molar-refractivity contribution in [2.45, 2.75) is 38.8 Å². The lowest BCUT2D eigenvalue weighted by Crippen LogP contribution is -2.42. The van der Waals surface area contributed by atoms with Crippen LogP contribution in [0.15, 0.2) is 12.1 Å². The lowest BCUT2D eigenvalue weighted by atomic mass is 10.0. The molecule has 1 N–H and O–H groups in total. The summed E-state index contributed by atoms with van der Waals surface area (Å²) in [7, 11) is 0. The monoisotopic (exact) mass is 247 g/mol. The van der Waals surface area contributed by atoms with Crippen LogP contribution in [0.25, 0.3) is 0 Å². The minimum absolute atomic E-state index is 0.436. The van der Waals surface area contributed by atoms with Gasteiger partial charge in [-0.3, -0.25) is 4.90 Å². The van der Waals surface area contributed by atoms with Crippen molar-refractivity contribution >= 4 is 0 Å². The van der Waals surface area contributed by atoms with E-state index in [1.54, 1.807) is 0 Å². The quantitative estimate of drug-likeness (QED) is 0.868. The predicted molar refractivity (Wildman–Crippen MR) is 70.8 cm³/mol. The number of fused-ring (bicyclic) bond motifs is 1. The van der Waals surface area contributed by atoms with E-state index in [1.807, 2.05) is 6.07 Å². The van der Waals surface area contributed by atoms with E-state index in [1.165, 1.54) is 24.0 Å². The molecule has 1 atom stereocenters. The van der Waals surface area contributed by atoms with E-state index in [-0.39, 0.29) is 0 Å². The first-order valence-electron chi connectivity index (χ1n) is 6.89. The smallest absolute Gasteiger partial charge is 0.120 e. The first-order valence-corrected chi connectivity index (χ1v) is 6.89. The normalized spacial score (nSPS) is 24.2. The summed E-state index contributed by atoms with van der Waals surface area (Å²) in [5.74, 6) is 0.467. The van der Waals surface area contributed by atoms with E-state index in [0.717, 1.165) is 38.3 Å². The zero-order valence-corrected chi connectivity index (χ0v) is 11.0. The minimum atomic E-state index is 0.436. The number of phenolic OH excluding ortho intramolecular Hbond substituents is 1. The maximum Gasteiger partial charge on any atom is 0.120 e. The molecule has 18 heavy (non-hydrogen) atoms. The molecule has 2 aliphatic rings. The van der Waals surface area contributed by atoms with Gasteiger partial charge < -0.3 is 9.84 Å². The van der Waals surface area contributed by atoms with E-state index < -0.39 is 0 Å². The highest BCUT2D eigenvalue weighted by molar-refractivity contribution is 5.44. The Kier molecular flexibility index (Phi) is 3.27. The summed E-state index contributed by atoms with van der Waals surface area (Å²) in [6.07, 6.45) is 3.52. The van der Waals surface area contributed by atoms with Crippen molar-refractivity contribution in [1.82, 2.24) is 4.90 Å². The second-order valence-corrected chi connectivity index (χ2v) is 5.50. The minimum Gasteiger partial charge on any atom is -0.508 e. The number of aryl methyl sites for hydroxylation is 2. The summed E-state index contributed by atoms with van der Waals surface area (Å²) < 4.78 is 5.45. The van der Waals surface area contributed by atoms with Crippen LogP contribution in [-0.2, 0) is 24.1 Å². The third-order valence-corrected chi connectivity index (χ3v) is 4.17. The van der Waals surface area contributed by atoms with Gasteiger partial charge in [0.25, 0.3) is 0 Å². The Morgan fingerprint density at radius 2 is 2.11 bits per heavy atom. The largest absolute Gasteiger partial charge is 0.508 e. The zero-order chi connectivity index (χ0) is 12.5. The molecule has 1 saturated heterocycles. The molecule has 3 rings (SSSR count). The zero-order valence-electron chi connectivity index (χ0n) is 11.0. The van der Waals surface area contributed by atoms with Crippen molar-refractivity contribution in [3.8, 4) is 5.75 Å². The van der Waals surface area contributed by atoms with Crippen LogP contribution in [0.5, 0.6) is 5.75 Å². The molecule has 1 heterocycles. The fourth-order valence-electron chi connectivity index (χ4n) is 3.00. The topological polar surface area (TPSA) is 32.7 Å². The van der Waals surface area contributed by atoms with Crippen LogP contribution < -0.4 is 0 Å². The standard InChI is InChI=1S/C15H21NO2/c1-11-10-18-6-5-16(11)9-14-7-12-3-2-4-13(12)8-15(14)17/h7-8,11,17H,2-6,9-10H2,1H3. The molecule has 1 aromatic carbocycles. The lowest BCUT2D eigenvalue weighted by molar-refractivity contribution is -0.00464. The summed E-state index contributed by atoms with van der Waals surface area (Å²) in [5.41, 5.74) is 3.85. The third-order valence-electron chi connectivity index (χ3n) is 4.17. The number of hydrogen-bond donors (Lipinski definition) is 1. The van der Waals surface area contributed by atoms with Crippen LogP contribution in [0, 0.1) is 0 Å². The molecule has 0 bridgehead atoms. The van der Waals surface area contributed by atoms with Crippen LogP contribution >= 0.6 is 0 Å². The number of aromatic hydroxyl groups is 1. The first kappa shape index (κ1) is 12.0. The third kappa shape index (κ3) is 2.25. The number of morpholine rings is 1. The van der Waals surface area contributed by atoms with E-state index in [9.17, 15) is 5.11 Å². The van der Waals surface area contributed by atoms with Gasteiger partial charge in [0.1, 0.15) is 5.75 Å². The molecule has 0 spiro atoms. The molecule has 0 amide bonds. The molecular weight excluding hydrogens is 226 g/mol. The Morgan fingerprint density at radius 3 is 2.89 bits per heavy atom. The van der Waals surface area contributed by atoms with E-state index in [0.29, 0.717) is 11.8 Å². The van der Waals surface area contributed by atoms with Gasteiger partial charge in [0.2, 0.25) is 0 Å². The summed E-state index contributed by atoms with van der Waals surface area (Å²) in [4.78, 5) is 2.39. The first-order chi connectivity index (χ1) is 8.74. The van der Waals surface area contributed by atoms with Gasteiger partial charge in [0.05, 0.1) is 13.2 Å². The van der Waals surface area contributed by atoms with Crippen LogP contribution in [0.2, 0.25) is 0 Å². The molecule has 1 aliphatic heterocycles. The van der Waals surface area contributed by atoms with Crippen LogP contribution in [-0.4, -0.2) is 35.8 Å². The SMILES string of the molecule is CC1COCCN1Cc1cc2c(cc1O)CCC2. The highest BCUT2D eigenvalue weighted by Gasteiger charge is 2.21. The fourth-order valence-corrected chi connectivity index (χ4v) is 3.00. The summed E-state index contributed by atoms with van der Waals surface area (Å²) in [5, 5.41) is 10.1. The van der Waals surface area contributed by atoms with Gasteiger partial charge in [-0.25, -0.2) is 0 Å². The van der Waals surface area contributed by atoms with Gasteiger partial charge in [0.15, 0.2) is 0 Å². The van der Waals surface area contributed by atoms with Crippen LogP contribution in [0.4, 0.5) is 0 Å². The van der Waals surface area contributed by atoms with E-state index >= 15 is 0 Å². The van der Waals surface area contributed by atoms with E-state index in [2.05, 4.69) is 17.9 Å². The molecule has 0 aromatic heterocycles. The summed E-state index contributed by atoms with van der Waals surface area (Å²) in [6.45, 7) is 5.58. The molecule has 1 aromatic rings. The number of nitrogens with zero attached hydrogens (tertiary/aromatic N) is 1. The molecule has 0 saturated carbocycles. The Hall–Kier alpha value is -1.06. The molecule has 3 heteroatoms. The van der Waals surface area contributed by atoms with Crippen molar-refractivity contribution in [3.63, 3.8) is 0 Å². The van der Waals surface area contributed by atoms with Crippen molar-refractivity contribution in [2.24, 2.45) is 0 Å². The molecule has 3 nitrogen and oxygen atoms in total. The molecule has 0 radical (unpaired) electrons. The van der Waals surface area contributed by atoms with Crippen molar-refractivity contribution in [2.75, 3.05) is 19.8 Å². The molecule has 1 unspecified atom stereocenters. The van der Waals surface area contributed by atoms with Crippen LogP contribution in [0.3, 0.4) is 0 Å². The number of ether oxygens (including phenoxy) is 1. The summed E-state index contributed by atoms with van der Waals surface area (Å²) >= 11 is 0. The van der Waals surface area contributed by atoms with Crippen molar-refractivity contribution in [3.05, 3.63) is 28.8 Å². The Labute approximate surface area is 108 Å². The highest BCUT2D eigenvalue weighted by atomic mass is 16.5. The van der Waals surface area contributed by atoms with Crippen molar-refractivity contribution < 1.29 is 9.84 Å². The van der Waals surface area contributed by atoms with Gasteiger partial charge in [-0.05, 0) is 43.4 Å². The fraction of sp³-hybridized carbons (Fsp3) is 0.600. The molecule has 98 valence electrons. The highest BCUT2D eigenvalue weighted by Crippen LogP contribution is 2.30. The second-order valence-electron chi connectivity index (χ2n) is 5.50. The van der Waals surface area contributed by atoms with Gasteiger partial charge in [-0.1, -0.05) is 6.07 Å². The van der Waals surface area contributed by atoms with Gasteiger partial charge in [0, 0.05) is 24.7 Å². The summed E-state index contributed by atoms with van der Waals surface area (Å²) in [6, 6.07) is 4.62. The molecular formula is C15H21NO2. The number of benzene rings is 1. The van der Waals surface area contributed by atoms with Crippen molar-refractivity contribution in [1.29, 1.82) is 0 Å². The number of rotatable bonds is 2. The number of hydrogen-bond acceptors (Lipinski definition) is 3. The van der Waals surface area contributed by atoms with E-state index in [4.69, 9.17) is 4.74 Å². The maximum atomic E-state index is 10.1. The van der Waals surface area contributed by atoms with Crippen LogP contribution in [0.1, 0.15) is 30.0 Å². The maximum absolute atomic E-state index is 10.1. The average Bonchev–Trinajstić information content (AvgIpc) is 2.79. The lowest BCUT2D eigenvalue weighted by Gasteiger charge is -2.33. The second kappa shape index (κ2) is 4.90. The molecule has 1 aliphatic carbocycles.